The number of rotatable bonds is 8. The molecule has 3 nitrogen and oxygen atoms in total. The molecule has 4 heteroatoms. The van der Waals surface area contributed by atoms with Crippen molar-refractivity contribution >= 4 is 12.6 Å². The molecule has 194 valence electrons. The minimum Gasteiger partial charge on any atom is -0.534 e. The van der Waals surface area contributed by atoms with Crippen molar-refractivity contribution < 1.29 is 14.4 Å². The molecule has 36 heavy (non-hydrogen) atoms. The standard InChI is InChI=1S/C32H45BO3/c1-8-32(9-2,28-15-16-29(24(4)22-28)33-35-25(5)30(6,7)36-33)27-14-13-26(23(3)21-27)17-20-31(34)18-11-10-12-19-31/h13-16,21-22,34H,5,8-12,17-20H2,1-4,6-7H3. The highest BCUT2D eigenvalue weighted by atomic mass is 16.7. The van der Waals surface area contributed by atoms with E-state index in [-0.39, 0.29) is 5.41 Å². The van der Waals surface area contributed by atoms with E-state index in [1.54, 1.807) is 0 Å². The van der Waals surface area contributed by atoms with E-state index in [0.717, 1.165) is 56.8 Å². The van der Waals surface area contributed by atoms with Gasteiger partial charge in [0.25, 0.3) is 0 Å². The molecule has 1 N–H and O–H groups in total. The van der Waals surface area contributed by atoms with Crippen LogP contribution < -0.4 is 5.46 Å². The van der Waals surface area contributed by atoms with Crippen LogP contribution in [0.3, 0.4) is 0 Å². The molecule has 0 unspecified atom stereocenters. The molecule has 4 rings (SSSR count). The molecule has 1 aliphatic carbocycles. The van der Waals surface area contributed by atoms with Gasteiger partial charge in [0.2, 0.25) is 0 Å². The number of aryl methyl sites for hydroxylation is 3. The fraction of sp³-hybridized carbons (Fsp3) is 0.562. The Morgan fingerprint density at radius 1 is 0.944 bits per heavy atom. The van der Waals surface area contributed by atoms with Gasteiger partial charge < -0.3 is 14.4 Å². The molecule has 0 atom stereocenters. The summed E-state index contributed by atoms with van der Waals surface area (Å²) in [6.07, 6.45) is 9.37. The van der Waals surface area contributed by atoms with Crippen LogP contribution in [0.4, 0.5) is 0 Å². The minimum atomic E-state index is -0.474. The van der Waals surface area contributed by atoms with E-state index in [9.17, 15) is 5.11 Å². The van der Waals surface area contributed by atoms with Gasteiger partial charge in [0.05, 0.1) is 11.4 Å². The SMILES string of the molecule is C=C1OB(c2ccc(C(CC)(CC)c3ccc(CCC4(O)CCCCC4)c(C)c3)cc2C)OC1(C)C. The Kier molecular flexibility index (Phi) is 7.79. The highest BCUT2D eigenvalue weighted by molar-refractivity contribution is 6.62. The average molecular weight is 489 g/mol. The average Bonchev–Trinajstić information content (AvgIpc) is 3.12. The van der Waals surface area contributed by atoms with Crippen molar-refractivity contribution in [1.82, 2.24) is 0 Å². The van der Waals surface area contributed by atoms with E-state index < -0.39 is 18.3 Å². The van der Waals surface area contributed by atoms with Crippen LogP contribution >= 0.6 is 0 Å². The van der Waals surface area contributed by atoms with Crippen LogP contribution in [0.1, 0.15) is 107 Å². The molecule has 2 aromatic carbocycles. The summed E-state index contributed by atoms with van der Waals surface area (Å²) in [6, 6.07) is 13.8. The van der Waals surface area contributed by atoms with Crippen molar-refractivity contribution in [2.24, 2.45) is 0 Å². The van der Waals surface area contributed by atoms with Gasteiger partial charge in [-0.25, -0.2) is 0 Å². The van der Waals surface area contributed by atoms with Crippen LogP contribution in [0.2, 0.25) is 0 Å². The quantitative estimate of drug-likeness (QED) is 0.404. The van der Waals surface area contributed by atoms with Crippen molar-refractivity contribution in [2.75, 3.05) is 0 Å². The van der Waals surface area contributed by atoms with E-state index in [2.05, 4.69) is 70.7 Å². The van der Waals surface area contributed by atoms with Crippen LogP contribution in [0.5, 0.6) is 0 Å². The predicted molar refractivity (Wildman–Crippen MR) is 151 cm³/mol. The number of benzene rings is 2. The maximum absolute atomic E-state index is 11.0. The second-order valence-corrected chi connectivity index (χ2v) is 11.8. The lowest BCUT2D eigenvalue weighted by Crippen LogP contribution is -2.37. The third-order valence-electron chi connectivity index (χ3n) is 9.15. The monoisotopic (exact) mass is 488 g/mol. The first-order valence-corrected chi connectivity index (χ1v) is 14.0. The van der Waals surface area contributed by atoms with Crippen molar-refractivity contribution in [2.45, 2.75) is 116 Å². The minimum absolute atomic E-state index is 0.0472. The topological polar surface area (TPSA) is 38.7 Å². The molecule has 0 bridgehead atoms. The van der Waals surface area contributed by atoms with Crippen molar-refractivity contribution in [3.63, 3.8) is 0 Å². The van der Waals surface area contributed by atoms with Gasteiger partial charge in [0, 0.05) is 5.41 Å². The largest absolute Gasteiger partial charge is 0.563 e. The molecule has 0 aromatic heterocycles. The fourth-order valence-electron chi connectivity index (χ4n) is 6.33. The Morgan fingerprint density at radius 2 is 1.56 bits per heavy atom. The molecule has 1 heterocycles. The van der Waals surface area contributed by atoms with E-state index >= 15 is 0 Å². The first-order valence-electron chi connectivity index (χ1n) is 14.0. The Hall–Kier alpha value is -2.04. The molecule has 0 amide bonds. The van der Waals surface area contributed by atoms with Gasteiger partial charge in [-0.15, -0.1) is 0 Å². The van der Waals surface area contributed by atoms with Gasteiger partial charge in [-0.3, -0.25) is 0 Å². The zero-order chi connectivity index (χ0) is 26.1. The molecule has 1 aliphatic heterocycles. The second kappa shape index (κ2) is 10.4. The molecule has 1 saturated carbocycles. The fourth-order valence-corrected chi connectivity index (χ4v) is 6.33. The number of hydrogen-bond acceptors (Lipinski definition) is 3. The third-order valence-corrected chi connectivity index (χ3v) is 9.15. The summed E-state index contributed by atoms with van der Waals surface area (Å²) in [6.45, 7) is 17.0. The van der Waals surface area contributed by atoms with Gasteiger partial charge in [0.1, 0.15) is 5.60 Å². The zero-order valence-electron chi connectivity index (χ0n) is 23.4. The second-order valence-electron chi connectivity index (χ2n) is 11.8. The van der Waals surface area contributed by atoms with Crippen LogP contribution in [0.25, 0.3) is 0 Å². The van der Waals surface area contributed by atoms with Crippen molar-refractivity contribution in [1.29, 1.82) is 0 Å². The van der Waals surface area contributed by atoms with E-state index in [1.165, 1.54) is 34.2 Å². The summed E-state index contributed by atoms with van der Waals surface area (Å²) in [4.78, 5) is 0. The third kappa shape index (κ3) is 5.17. The maximum atomic E-state index is 11.0. The zero-order valence-corrected chi connectivity index (χ0v) is 23.4. The molecular formula is C32H45BO3. The smallest absolute Gasteiger partial charge is 0.534 e. The van der Waals surface area contributed by atoms with Gasteiger partial charge in [-0.1, -0.05) is 76.1 Å². The number of aliphatic hydroxyl groups is 1. The maximum Gasteiger partial charge on any atom is 0.563 e. The molecule has 2 aromatic rings. The summed E-state index contributed by atoms with van der Waals surface area (Å²) >= 11 is 0. The number of hydrogen-bond donors (Lipinski definition) is 1. The van der Waals surface area contributed by atoms with Gasteiger partial charge >= 0.3 is 7.12 Å². The predicted octanol–water partition coefficient (Wildman–Crippen LogP) is 7.07. The summed E-state index contributed by atoms with van der Waals surface area (Å²) in [5.74, 6) is 0.679. The molecule has 2 fully saturated rings. The molecule has 1 saturated heterocycles. The first kappa shape index (κ1) is 27.0. The molecule has 0 radical (unpaired) electrons. The Morgan fingerprint density at radius 3 is 2.08 bits per heavy atom. The Balaban J connectivity index is 1.58. The van der Waals surface area contributed by atoms with Crippen molar-refractivity contribution in [3.8, 4) is 0 Å². The van der Waals surface area contributed by atoms with E-state index in [1.807, 2.05) is 13.8 Å². The Bertz CT molecular complexity index is 1090. The van der Waals surface area contributed by atoms with Gasteiger partial charge in [-0.05, 0) is 99.5 Å². The van der Waals surface area contributed by atoms with Crippen LogP contribution in [0, 0.1) is 13.8 Å². The van der Waals surface area contributed by atoms with Crippen LogP contribution in [-0.2, 0) is 21.1 Å². The Labute approximate surface area is 219 Å². The van der Waals surface area contributed by atoms with E-state index in [4.69, 9.17) is 9.31 Å². The lowest BCUT2D eigenvalue weighted by Gasteiger charge is -2.35. The highest BCUT2D eigenvalue weighted by Gasteiger charge is 2.43. The van der Waals surface area contributed by atoms with Crippen LogP contribution in [-0.4, -0.2) is 23.4 Å². The first-order chi connectivity index (χ1) is 17.0. The normalized spacial score (nSPS) is 19.4. The van der Waals surface area contributed by atoms with Crippen molar-refractivity contribution in [3.05, 3.63) is 76.6 Å². The van der Waals surface area contributed by atoms with E-state index in [0.29, 0.717) is 5.76 Å². The lowest BCUT2D eigenvalue weighted by molar-refractivity contribution is -0.00344. The molecule has 0 spiro atoms. The van der Waals surface area contributed by atoms with Gasteiger partial charge in [0.15, 0.2) is 0 Å². The summed E-state index contributed by atoms with van der Waals surface area (Å²) < 4.78 is 12.1. The van der Waals surface area contributed by atoms with Gasteiger partial charge in [-0.2, -0.15) is 0 Å². The molecular weight excluding hydrogens is 443 g/mol. The molecule has 2 aliphatic rings. The lowest BCUT2D eigenvalue weighted by atomic mass is 9.67. The summed E-state index contributed by atoms with van der Waals surface area (Å²) in [7, 11) is -0.403. The summed E-state index contributed by atoms with van der Waals surface area (Å²) in [5.41, 5.74) is 6.68. The highest BCUT2D eigenvalue weighted by Crippen LogP contribution is 2.40. The van der Waals surface area contributed by atoms with Crippen LogP contribution in [0.15, 0.2) is 48.7 Å². The summed E-state index contributed by atoms with van der Waals surface area (Å²) in [5, 5.41) is 11.0.